The molecule has 1 amide bonds. The van der Waals surface area contributed by atoms with Gasteiger partial charge in [0.25, 0.3) is 5.91 Å². The van der Waals surface area contributed by atoms with Gasteiger partial charge in [0.15, 0.2) is 0 Å². The van der Waals surface area contributed by atoms with E-state index in [0.29, 0.717) is 9.21 Å². The first-order chi connectivity index (χ1) is 9.06. The van der Waals surface area contributed by atoms with Crippen LogP contribution < -0.4 is 5.32 Å². The van der Waals surface area contributed by atoms with Crippen LogP contribution in [-0.2, 0) is 4.79 Å². The van der Waals surface area contributed by atoms with Crippen molar-refractivity contribution < 1.29 is 14.7 Å². The van der Waals surface area contributed by atoms with Gasteiger partial charge in [-0.05, 0) is 23.6 Å². The van der Waals surface area contributed by atoms with Gasteiger partial charge in [0.05, 0.1) is 21.7 Å². The van der Waals surface area contributed by atoms with Gasteiger partial charge < -0.3 is 10.4 Å². The molecule has 100 valence electrons. The van der Waals surface area contributed by atoms with E-state index in [1.165, 1.54) is 11.3 Å². The Hall–Kier alpha value is -1.37. The van der Waals surface area contributed by atoms with Crippen LogP contribution in [0.4, 0.5) is 0 Å². The summed E-state index contributed by atoms with van der Waals surface area (Å²) in [6.45, 7) is 0. The minimum atomic E-state index is -0.956. The lowest BCUT2D eigenvalue weighted by Crippen LogP contribution is -2.29. The fourth-order valence-electron chi connectivity index (χ4n) is 1.55. The van der Waals surface area contributed by atoms with Gasteiger partial charge in [-0.25, -0.2) is 0 Å². The van der Waals surface area contributed by atoms with Crippen LogP contribution in [0.25, 0.3) is 0 Å². The van der Waals surface area contributed by atoms with Gasteiger partial charge in [-0.15, -0.1) is 22.7 Å². The van der Waals surface area contributed by atoms with E-state index in [2.05, 4.69) is 5.32 Å². The smallest absolute Gasteiger partial charge is 0.305 e. The molecule has 0 bridgehead atoms. The summed E-state index contributed by atoms with van der Waals surface area (Å²) >= 11 is 8.35. The molecule has 2 aromatic rings. The minimum Gasteiger partial charge on any atom is -0.481 e. The van der Waals surface area contributed by atoms with Gasteiger partial charge in [-0.1, -0.05) is 17.7 Å². The second kappa shape index (κ2) is 6.18. The van der Waals surface area contributed by atoms with Crippen molar-refractivity contribution in [3.8, 4) is 0 Å². The molecule has 0 aliphatic heterocycles. The van der Waals surface area contributed by atoms with Crippen molar-refractivity contribution in [1.82, 2.24) is 5.32 Å². The molecule has 0 saturated carbocycles. The van der Waals surface area contributed by atoms with Gasteiger partial charge >= 0.3 is 5.97 Å². The molecule has 0 aliphatic carbocycles. The van der Waals surface area contributed by atoms with Crippen LogP contribution in [0.5, 0.6) is 0 Å². The molecule has 1 atom stereocenters. The largest absolute Gasteiger partial charge is 0.481 e. The molecule has 0 aromatic carbocycles. The summed E-state index contributed by atoms with van der Waals surface area (Å²) in [4.78, 5) is 24.1. The van der Waals surface area contributed by atoms with Crippen molar-refractivity contribution in [1.29, 1.82) is 0 Å². The van der Waals surface area contributed by atoms with Gasteiger partial charge in [-0.2, -0.15) is 0 Å². The molecule has 7 heteroatoms. The lowest BCUT2D eigenvalue weighted by atomic mass is 10.1. The van der Waals surface area contributed by atoms with Crippen LogP contribution in [0, 0.1) is 0 Å². The Morgan fingerprint density at radius 1 is 1.37 bits per heavy atom. The van der Waals surface area contributed by atoms with Crippen molar-refractivity contribution in [2.75, 3.05) is 0 Å². The molecule has 0 saturated heterocycles. The van der Waals surface area contributed by atoms with E-state index >= 15 is 0 Å². The average Bonchev–Trinajstić information content (AvgIpc) is 2.97. The van der Waals surface area contributed by atoms with Crippen LogP contribution in [0.15, 0.2) is 29.6 Å². The first-order valence-corrected chi connectivity index (χ1v) is 7.45. The number of carbonyl (C=O) groups excluding carboxylic acids is 1. The standard InChI is InChI=1S/C12H10ClNO3S2/c13-10-4-3-9(19-10)12(17)14-7(6-11(15)16)8-2-1-5-18-8/h1-5,7H,6H2,(H,14,17)(H,15,16)/t7-/m1/s1. The zero-order chi connectivity index (χ0) is 13.8. The Bertz CT molecular complexity index is 580. The number of carboxylic acid groups (broad SMARTS) is 1. The van der Waals surface area contributed by atoms with Gasteiger partial charge in [0.2, 0.25) is 0 Å². The zero-order valence-corrected chi connectivity index (χ0v) is 12.0. The number of carboxylic acids is 1. The Balaban J connectivity index is 2.12. The molecule has 0 radical (unpaired) electrons. The molecule has 0 spiro atoms. The summed E-state index contributed by atoms with van der Waals surface area (Å²) in [7, 11) is 0. The molecule has 2 rings (SSSR count). The lowest BCUT2D eigenvalue weighted by Gasteiger charge is -2.14. The van der Waals surface area contributed by atoms with Gasteiger partial charge in [0, 0.05) is 4.88 Å². The second-order valence-electron chi connectivity index (χ2n) is 3.74. The number of aliphatic carboxylic acids is 1. The Morgan fingerprint density at radius 3 is 2.68 bits per heavy atom. The van der Waals surface area contributed by atoms with E-state index in [-0.39, 0.29) is 12.3 Å². The van der Waals surface area contributed by atoms with Gasteiger partial charge in [-0.3, -0.25) is 9.59 Å². The quantitative estimate of drug-likeness (QED) is 0.888. The van der Waals surface area contributed by atoms with E-state index in [1.807, 2.05) is 11.4 Å². The maximum Gasteiger partial charge on any atom is 0.305 e. The normalized spacial score (nSPS) is 12.1. The topological polar surface area (TPSA) is 66.4 Å². The zero-order valence-electron chi connectivity index (χ0n) is 9.63. The number of rotatable bonds is 5. The van der Waals surface area contributed by atoms with Crippen molar-refractivity contribution in [3.05, 3.63) is 43.7 Å². The fourth-order valence-corrected chi connectivity index (χ4v) is 3.28. The van der Waals surface area contributed by atoms with Crippen molar-refractivity contribution >= 4 is 46.2 Å². The monoisotopic (exact) mass is 315 g/mol. The lowest BCUT2D eigenvalue weighted by molar-refractivity contribution is -0.137. The summed E-state index contributed by atoms with van der Waals surface area (Å²) in [6, 6.07) is 6.36. The Morgan fingerprint density at radius 2 is 2.16 bits per heavy atom. The molecule has 0 fully saturated rings. The van der Waals surface area contributed by atoms with E-state index in [4.69, 9.17) is 16.7 Å². The third-order valence-corrected chi connectivity index (χ3v) is 4.58. The highest BCUT2D eigenvalue weighted by Gasteiger charge is 2.20. The fraction of sp³-hybridized carbons (Fsp3) is 0.167. The number of hydrogen-bond donors (Lipinski definition) is 2. The number of halogens is 1. The van der Waals surface area contributed by atoms with Gasteiger partial charge in [0.1, 0.15) is 0 Å². The van der Waals surface area contributed by atoms with E-state index < -0.39 is 12.0 Å². The van der Waals surface area contributed by atoms with Crippen molar-refractivity contribution in [2.45, 2.75) is 12.5 Å². The maximum atomic E-state index is 12.0. The highest BCUT2D eigenvalue weighted by Crippen LogP contribution is 2.25. The third kappa shape index (κ3) is 3.79. The highest BCUT2D eigenvalue weighted by atomic mass is 35.5. The molecule has 2 N–H and O–H groups in total. The van der Waals surface area contributed by atoms with E-state index in [0.717, 1.165) is 16.2 Å². The number of nitrogens with one attached hydrogen (secondary N) is 1. The number of hydrogen-bond acceptors (Lipinski definition) is 4. The van der Waals surface area contributed by atoms with Crippen LogP contribution in [0.3, 0.4) is 0 Å². The molecular formula is C12H10ClNO3S2. The van der Waals surface area contributed by atoms with Crippen molar-refractivity contribution in [2.24, 2.45) is 0 Å². The molecule has 0 unspecified atom stereocenters. The number of carbonyl (C=O) groups is 2. The summed E-state index contributed by atoms with van der Waals surface area (Å²) in [5.74, 6) is -1.26. The molecule has 2 heterocycles. The summed E-state index contributed by atoms with van der Waals surface area (Å²) in [6.07, 6.45) is -0.147. The summed E-state index contributed by atoms with van der Waals surface area (Å²) in [5.41, 5.74) is 0. The Labute approximate surface area is 122 Å². The Kier molecular flexibility index (Phi) is 4.57. The second-order valence-corrected chi connectivity index (χ2v) is 6.44. The minimum absolute atomic E-state index is 0.147. The maximum absolute atomic E-state index is 12.0. The predicted molar refractivity (Wildman–Crippen MR) is 76.1 cm³/mol. The van der Waals surface area contributed by atoms with Crippen LogP contribution in [0.1, 0.15) is 27.0 Å². The van der Waals surface area contributed by atoms with Crippen molar-refractivity contribution in [3.63, 3.8) is 0 Å². The third-order valence-electron chi connectivity index (χ3n) is 2.37. The number of thiophene rings is 2. The molecule has 2 aromatic heterocycles. The van der Waals surface area contributed by atoms with Crippen LogP contribution in [-0.4, -0.2) is 17.0 Å². The number of amides is 1. The molecule has 4 nitrogen and oxygen atoms in total. The highest BCUT2D eigenvalue weighted by molar-refractivity contribution is 7.18. The van der Waals surface area contributed by atoms with E-state index in [9.17, 15) is 9.59 Å². The predicted octanol–water partition coefficient (Wildman–Crippen LogP) is 3.41. The first kappa shape index (κ1) is 14.0. The average molecular weight is 316 g/mol. The molecular weight excluding hydrogens is 306 g/mol. The molecule has 19 heavy (non-hydrogen) atoms. The first-order valence-electron chi connectivity index (χ1n) is 5.37. The summed E-state index contributed by atoms with van der Waals surface area (Å²) < 4.78 is 0.524. The SMILES string of the molecule is O=C(O)C[C@@H](NC(=O)c1ccc(Cl)s1)c1cccs1. The van der Waals surface area contributed by atoms with Crippen LogP contribution >= 0.6 is 34.3 Å². The summed E-state index contributed by atoms with van der Waals surface area (Å²) in [5, 5.41) is 13.5. The van der Waals surface area contributed by atoms with E-state index in [1.54, 1.807) is 18.2 Å². The molecule has 0 aliphatic rings. The van der Waals surface area contributed by atoms with Crippen LogP contribution in [0.2, 0.25) is 4.34 Å².